The molecule has 0 fully saturated rings. The van der Waals surface area contributed by atoms with E-state index < -0.39 is 0 Å². The van der Waals surface area contributed by atoms with Crippen molar-refractivity contribution in [3.63, 3.8) is 0 Å². The molecule has 2 aromatic rings. The van der Waals surface area contributed by atoms with E-state index in [-0.39, 0.29) is 0 Å². The Morgan fingerprint density at radius 2 is 2.10 bits per heavy atom. The molecule has 6 heteroatoms. The van der Waals surface area contributed by atoms with Gasteiger partial charge in [-0.3, -0.25) is 4.99 Å². The van der Waals surface area contributed by atoms with Gasteiger partial charge >= 0.3 is 0 Å². The second-order valence-corrected chi connectivity index (χ2v) is 5.81. The Bertz CT molecular complexity index is 578. The molecule has 0 unspecified atom stereocenters. The van der Waals surface area contributed by atoms with E-state index in [2.05, 4.69) is 44.2 Å². The summed E-state index contributed by atoms with van der Waals surface area (Å²) in [4.78, 5) is 11.8. The number of nitrogens with one attached hydrogen (secondary N) is 2. The number of hydrogen-bond donors (Lipinski definition) is 2. The Hall–Kier alpha value is -2.08. The van der Waals surface area contributed by atoms with Crippen LogP contribution in [-0.4, -0.2) is 32.1 Å². The third-order valence-corrected chi connectivity index (χ3v) is 3.84. The first-order chi connectivity index (χ1) is 10.2. The zero-order chi connectivity index (χ0) is 15.1. The van der Waals surface area contributed by atoms with Gasteiger partial charge in [0.1, 0.15) is 5.82 Å². The SMILES string of the molecule is CN=C(NCc1ccnc(N(C)C)c1)NCc1cccs1. The third-order valence-electron chi connectivity index (χ3n) is 2.96. The molecule has 112 valence electrons. The summed E-state index contributed by atoms with van der Waals surface area (Å²) in [7, 11) is 5.75. The van der Waals surface area contributed by atoms with E-state index in [1.54, 1.807) is 18.4 Å². The largest absolute Gasteiger partial charge is 0.363 e. The van der Waals surface area contributed by atoms with Crippen molar-refractivity contribution in [1.29, 1.82) is 0 Å². The van der Waals surface area contributed by atoms with Crippen molar-refractivity contribution in [3.05, 3.63) is 46.3 Å². The van der Waals surface area contributed by atoms with Gasteiger partial charge in [0.25, 0.3) is 0 Å². The minimum atomic E-state index is 0.716. The smallest absolute Gasteiger partial charge is 0.191 e. The van der Waals surface area contributed by atoms with Crippen LogP contribution in [-0.2, 0) is 13.1 Å². The number of anilines is 1. The van der Waals surface area contributed by atoms with E-state index >= 15 is 0 Å². The highest BCUT2D eigenvalue weighted by Gasteiger charge is 2.02. The van der Waals surface area contributed by atoms with Crippen LogP contribution < -0.4 is 15.5 Å². The summed E-state index contributed by atoms with van der Waals surface area (Å²) in [6.07, 6.45) is 1.83. The predicted octanol–water partition coefficient (Wildman–Crippen LogP) is 2.07. The third kappa shape index (κ3) is 4.75. The van der Waals surface area contributed by atoms with E-state index in [0.717, 1.165) is 18.3 Å². The molecule has 0 saturated carbocycles. The molecular weight excluding hydrogens is 282 g/mol. The van der Waals surface area contributed by atoms with E-state index in [1.807, 2.05) is 31.3 Å². The summed E-state index contributed by atoms with van der Waals surface area (Å²) in [6, 6.07) is 8.24. The lowest BCUT2D eigenvalue weighted by Crippen LogP contribution is -2.36. The first-order valence-electron chi connectivity index (χ1n) is 6.78. The fraction of sp³-hybridized carbons (Fsp3) is 0.333. The van der Waals surface area contributed by atoms with Gasteiger partial charge in [-0.1, -0.05) is 6.07 Å². The molecule has 0 atom stereocenters. The molecule has 2 aromatic heterocycles. The van der Waals surface area contributed by atoms with Gasteiger partial charge in [-0.25, -0.2) is 4.98 Å². The van der Waals surface area contributed by atoms with Crippen LogP contribution in [0.2, 0.25) is 0 Å². The number of aromatic nitrogens is 1. The summed E-state index contributed by atoms with van der Waals surface area (Å²) in [5.41, 5.74) is 1.17. The highest BCUT2D eigenvalue weighted by Crippen LogP contribution is 2.09. The van der Waals surface area contributed by atoms with Crippen LogP contribution in [0.1, 0.15) is 10.4 Å². The molecule has 2 rings (SSSR count). The molecule has 0 aliphatic rings. The van der Waals surface area contributed by atoms with Crippen LogP contribution >= 0.6 is 11.3 Å². The molecule has 0 aliphatic carbocycles. The number of guanidine groups is 1. The van der Waals surface area contributed by atoms with Crippen molar-refractivity contribution in [3.8, 4) is 0 Å². The lowest BCUT2D eigenvalue weighted by molar-refractivity contribution is 0.814. The van der Waals surface area contributed by atoms with Gasteiger partial charge in [0, 0.05) is 38.8 Å². The van der Waals surface area contributed by atoms with Crippen LogP contribution in [0, 0.1) is 0 Å². The molecular formula is C15H21N5S. The summed E-state index contributed by atoms with van der Waals surface area (Å²) in [5, 5.41) is 8.69. The fourth-order valence-corrected chi connectivity index (χ4v) is 2.45. The summed E-state index contributed by atoms with van der Waals surface area (Å²) >= 11 is 1.74. The topological polar surface area (TPSA) is 52.6 Å². The zero-order valence-corrected chi connectivity index (χ0v) is 13.4. The van der Waals surface area contributed by atoms with Gasteiger partial charge < -0.3 is 15.5 Å². The molecule has 21 heavy (non-hydrogen) atoms. The maximum Gasteiger partial charge on any atom is 0.191 e. The number of thiophene rings is 1. The monoisotopic (exact) mass is 303 g/mol. The molecule has 0 spiro atoms. The van der Waals surface area contributed by atoms with E-state index in [0.29, 0.717) is 6.54 Å². The van der Waals surface area contributed by atoms with Crippen molar-refractivity contribution < 1.29 is 0 Å². The number of rotatable bonds is 5. The quantitative estimate of drug-likeness (QED) is 0.656. The molecule has 5 nitrogen and oxygen atoms in total. The first-order valence-corrected chi connectivity index (χ1v) is 7.66. The van der Waals surface area contributed by atoms with Crippen LogP contribution in [0.15, 0.2) is 40.8 Å². The minimum absolute atomic E-state index is 0.716. The maximum atomic E-state index is 4.31. The van der Waals surface area contributed by atoms with E-state index in [9.17, 15) is 0 Å². The Labute approximate surface area is 129 Å². The van der Waals surface area contributed by atoms with Crippen LogP contribution in [0.3, 0.4) is 0 Å². The van der Waals surface area contributed by atoms with E-state index in [4.69, 9.17) is 0 Å². The van der Waals surface area contributed by atoms with Crippen LogP contribution in [0.25, 0.3) is 0 Å². The fourth-order valence-electron chi connectivity index (χ4n) is 1.81. The van der Waals surface area contributed by atoms with Crippen molar-refractivity contribution in [2.75, 3.05) is 26.0 Å². The van der Waals surface area contributed by atoms with Crippen LogP contribution in [0.5, 0.6) is 0 Å². The normalized spacial score (nSPS) is 11.3. The molecule has 0 radical (unpaired) electrons. The molecule has 2 N–H and O–H groups in total. The summed E-state index contributed by atoms with van der Waals surface area (Å²) in [5.74, 6) is 1.75. The average Bonchev–Trinajstić information content (AvgIpc) is 3.01. The van der Waals surface area contributed by atoms with E-state index in [1.165, 1.54) is 10.4 Å². The van der Waals surface area contributed by atoms with Crippen LogP contribution in [0.4, 0.5) is 5.82 Å². The average molecular weight is 303 g/mol. The van der Waals surface area contributed by atoms with Gasteiger partial charge in [-0.15, -0.1) is 11.3 Å². The summed E-state index contributed by atoms with van der Waals surface area (Å²) < 4.78 is 0. The molecule has 0 bridgehead atoms. The number of nitrogens with zero attached hydrogens (tertiary/aromatic N) is 3. The van der Waals surface area contributed by atoms with Gasteiger partial charge in [-0.05, 0) is 29.1 Å². The maximum absolute atomic E-state index is 4.31. The first kappa shape index (κ1) is 15.3. The van der Waals surface area contributed by atoms with Gasteiger partial charge in [0.2, 0.25) is 0 Å². The number of pyridine rings is 1. The molecule has 0 amide bonds. The highest BCUT2D eigenvalue weighted by molar-refractivity contribution is 7.09. The summed E-state index contributed by atoms with van der Waals surface area (Å²) in [6.45, 7) is 1.50. The zero-order valence-electron chi connectivity index (χ0n) is 12.6. The molecule has 0 aliphatic heterocycles. The minimum Gasteiger partial charge on any atom is -0.363 e. The van der Waals surface area contributed by atoms with Gasteiger partial charge in [-0.2, -0.15) is 0 Å². The second kappa shape index (κ2) is 7.64. The van der Waals surface area contributed by atoms with Crippen molar-refractivity contribution in [1.82, 2.24) is 15.6 Å². The second-order valence-electron chi connectivity index (χ2n) is 4.78. The Balaban J connectivity index is 1.86. The predicted molar refractivity (Wildman–Crippen MR) is 89.9 cm³/mol. The van der Waals surface area contributed by atoms with Gasteiger partial charge in [0.05, 0.1) is 6.54 Å². The molecule has 2 heterocycles. The van der Waals surface area contributed by atoms with Crippen molar-refractivity contribution in [2.24, 2.45) is 4.99 Å². The standard InChI is InChI=1S/C15H21N5S/c1-16-15(19-11-13-5-4-8-21-13)18-10-12-6-7-17-14(9-12)20(2)3/h4-9H,10-11H2,1-3H3,(H2,16,18,19). The lowest BCUT2D eigenvalue weighted by Gasteiger charge is -2.14. The Morgan fingerprint density at radius 3 is 2.76 bits per heavy atom. The highest BCUT2D eigenvalue weighted by atomic mass is 32.1. The lowest BCUT2D eigenvalue weighted by atomic mass is 10.2. The van der Waals surface area contributed by atoms with Gasteiger partial charge in [0.15, 0.2) is 5.96 Å². The Morgan fingerprint density at radius 1 is 1.29 bits per heavy atom. The van der Waals surface area contributed by atoms with Crippen molar-refractivity contribution >= 4 is 23.1 Å². The molecule has 0 aromatic carbocycles. The number of hydrogen-bond acceptors (Lipinski definition) is 4. The Kier molecular flexibility index (Phi) is 5.57. The van der Waals surface area contributed by atoms with Crippen molar-refractivity contribution in [2.45, 2.75) is 13.1 Å². The molecule has 0 saturated heterocycles. The number of aliphatic imine (C=N–C) groups is 1.